The highest BCUT2D eigenvalue weighted by Gasteiger charge is 2.34. The van der Waals surface area contributed by atoms with Crippen LogP contribution >= 0.6 is 11.6 Å². The lowest BCUT2D eigenvalue weighted by atomic mass is 10.1. The average Bonchev–Trinajstić information content (AvgIpc) is 3.09. The summed E-state index contributed by atoms with van der Waals surface area (Å²) in [7, 11) is 0. The van der Waals surface area contributed by atoms with Crippen molar-refractivity contribution in [3.63, 3.8) is 0 Å². The Morgan fingerprint density at radius 1 is 1.16 bits per heavy atom. The van der Waals surface area contributed by atoms with Crippen LogP contribution in [0.15, 0.2) is 36.5 Å². The van der Waals surface area contributed by atoms with E-state index in [0.29, 0.717) is 18.8 Å². The predicted molar refractivity (Wildman–Crippen MR) is 89.1 cm³/mol. The van der Waals surface area contributed by atoms with Crippen molar-refractivity contribution in [2.75, 3.05) is 18.4 Å². The van der Waals surface area contributed by atoms with Crippen molar-refractivity contribution in [3.05, 3.63) is 52.8 Å². The number of anilines is 2. The van der Waals surface area contributed by atoms with Gasteiger partial charge in [-0.3, -0.25) is 9.78 Å². The van der Waals surface area contributed by atoms with Gasteiger partial charge in [-0.1, -0.05) is 11.6 Å². The van der Waals surface area contributed by atoms with E-state index in [0.717, 1.165) is 18.9 Å². The highest BCUT2D eigenvalue weighted by atomic mass is 35.5. The number of nitrogens with zero attached hydrogens (tertiary/aromatic N) is 2. The molecule has 25 heavy (non-hydrogen) atoms. The van der Waals surface area contributed by atoms with Gasteiger partial charge in [-0.15, -0.1) is 0 Å². The summed E-state index contributed by atoms with van der Waals surface area (Å²) in [4.78, 5) is 18.1. The van der Waals surface area contributed by atoms with Crippen LogP contribution in [0.25, 0.3) is 0 Å². The molecule has 2 heterocycles. The van der Waals surface area contributed by atoms with Gasteiger partial charge in [0.1, 0.15) is 5.69 Å². The standard InChI is InChI=1S/C17H15ClF3N3O/c18-11-3-4-14(13(9-11)17(19,20)21)23-12-5-6-22-15(10-12)16(25)24-7-1-2-8-24/h3-6,9-10H,1-2,7-8H2,(H,22,23). The molecule has 1 aromatic carbocycles. The maximum absolute atomic E-state index is 13.2. The summed E-state index contributed by atoms with van der Waals surface area (Å²) in [5.41, 5.74) is -0.452. The Morgan fingerprint density at radius 3 is 2.56 bits per heavy atom. The van der Waals surface area contributed by atoms with Crippen LogP contribution in [0.2, 0.25) is 5.02 Å². The first-order valence-electron chi connectivity index (χ1n) is 7.74. The zero-order chi connectivity index (χ0) is 18.0. The number of halogens is 4. The second-order valence-corrected chi connectivity index (χ2v) is 6.18. The molecule has 1 N–H and O–H groups in total. The van der Waals surface area contributed by atoms with Gasteiger partial charge >= 0.3 is 6.18 Å². The third-order valence-electron chi connectivity index (χ3n) is 3.94. The van der Waals surface area contributed by atoms with Crippen molar-refractivity contribution in [2.24, 2.45) is 0 Å². The number of rotatable bonds is 3. The largest absolute Gasteiger partial charge is 0.418 e. The molecule has 2 aromatic rings. The summed E-state index contributed by atoms with van der Waals surface area (Å²) in [6.07, 6.45) is -1.25. The Hall–Kier alpha value is -2.28. The van der Waals surface area contributed by atoms with E-state index in [1.807, 2.05) is 0 Å². The van der Waals surface area contributed by atoms with Gasteiger partial charge in [0.05, 0.1) is 11.3 Å². The molecule has 0 aliphatic carbocycles. The van der Waals surface area contributed by atoms with Crippen LogP contribution < -0.4 is 5.32 Å². The first-order valence-corrected chi connectivity index (χ1v) is 8.11. The van der Waals surface area contributed by atoms with Crippen molar-refractivity contribution >= 4 is 28.9 Å². The summed E-state index contributed by atoms with van der Waals surface area (Å²) < 4.78 is 39.5. The third-order valence-corrected chi connectivity index (χ3v) is 4.17. The zero-order valence-corrected chi connectivity index (χ0v) is 13.9. The highest BCUT2D eigenvalue weighted by Crippen LogP contribution is 2.37. The molecule has 0 radical (unpaired) electrons. The highest BCUT2D eigenvalue weighted by molar-refractivity contribution is 6.30. The summed E-state index contributed by atoms with van der Waals surface area (Å²) >= 11 is 5.68. The van der Waals surface area contributed by atoms with Gasteiger partial charge in [-0.05, 0) is 43.2 Å². The fourth-order valence-corrected chi connectivity index (χ4v) is 2.90. The number of pyridine rings is 1. The molecule has 0 spiro atoms. The van der Waals surface area contributed by atoms with E-state index in [4.69, 9.17) is 11.6 Å². The van der Waals surface area contributed by atoms with Gasteiger partial charge < -0.3 is 10.2 Å². The van der Waals surface area contributed by atoms with Crippen LogP contribution in [0.3, 0.4) is 0 Å². The molecule has 0 atom stereocenters. The van der Waals surface area contributed by atoms with Gasteiger partial charge in [-0.25, -0.2) is 0 Å². The van der Waals surface area contributed by atoms with E-state index in [1.54, 1.807) is 4.90 Å². The van der Waals surface area contributed by atoms with E-state index < -0.39 is 11.7 Å². The fraction of sp³-hybridized carbons (Fsp3) is 0.294. The van der Waals surface area contributed by atoms with Gasteiger partial charge in [0, 0.05) is 30.0 Å². The number of nitrogens with one attached hydrogen (secondary N) is 1. The molecule has 0 saturated carbocycles. The molecule has 4 nitrogen and oxygen atoms in total. The monoisotopic (exact) mass is 369 g/mol. The number of benzene rings is 1. The second kappa shape index (κ2) is 6.92. The van der Waals surface area contributed by atoms with Crippen molar-refractivity contribution in [1.29, 1.82) is 0 Å². The number of carbonyl (C=O) groups excluding carboxylic acids is 1. The number of alkyl halides is 3. The summed E-state index contributed by atoms with van der Waals surface area (Å²) in [5, 5.41) is 2.70. The van der Waals surface area contributed by atoms with Crippen molar-refractivity contribution in [3.8, 4) is 0 Å². The molecule has 1 aromatic heterocycles. The van der Waals surface area contributed by atoms with Crippen LogP contribution in [-0.2, 0) is 6.18 Å². The van der Waals surface area contributed by atoms with E-state index in [1.165, 1.54) is 30.5 Å². The van der Waals surface area contributed by atoms with E-state index in [-0.39, 0.29) is 22.3 Å². The van der Waals surface area contributed by atoms with Crippen LogP contribution in [0.4, 0.5) is 24.5 Å². The molecule has 1 saturated heterocycles. The fourth-order valence-electron chi connectivity index (χ4n) is 2.72. The molecule has 1 aliphatic heterocycles. The minimum atomic E-state index is -4.55. The van der Waals surface area contributed by atoms with Crippen LogP contribution in [0, 0.1) is 0 Å². The number of aromatic nitrogens is 1. The van der Waals surface area contributed by atoms with E-state index in [2.05, 4.69) is 10.3 Å². The van der Waals surface area contributed by atoms with Gasteiger partial charge in [0.25, 0.3) is 5.91 Å². The molecule has 0 bridgehead atoms. The molecule has 1 aliphatic rings. The summed E-state index contributed by atoms with van der Waals surface area (Å²) in [6, 6.07) is 6.45. The Balaban J connectivity index is 1.87. The zero-order valence-electron chi connectivity index (χ0n) is 13.1. The topological polar surface area (TPSA) is 45.2 Å². The third kappa shape index (κ3) is 4.04. The van der Waals surface area contributed by atoms with Gasteiger partial charge in [0.2, 0.25) is 0 Å². The summed E-state index contributed by atoms with van der Waals surface area (Å²) in [6.45, 7) is 1.35. The minimum Gasteiger partial charge on any atom is -0.355 e. The van der Waals surface area contributed by atoms with Crippen LogP contribution in [0.1, 0.15) is 28.9 Å². The normalized spacial score (nSPS) is 14.6. The van der Waals surface area contributed by atoms with Crippen molar-refractivity contribution < 1.29 is 18.0 Å². The second-order valence-electron chi connectivity index (χ2n) is 5.74. The lowest BCUT2D eigenvalue weighted by molar-refractivity contribution is -0.136. The maximum atomic E-state index is 13.2. The Kier molecular flexibility index (Phi) is 4.85. The number of hydrogen-bond acceptors (Lipinski definition) is 3. The molecule has 8 heteroatoms. The molecule has 0 unspecified atom stereocenters. The van der Waals surface area contributed by atoms with Crippen molar-refractivity contribution in [2.45, 2.75) is 19.0 Å². The first-order chi connectivity index (χ1) is 11.8. The Bertz CT molecular complexity index is 789. The molecule has 1 fully saturated rings. The molecule has 3 rings (SSSR count). The van der Waals surface area contributed by atoms with Gasteiger partial charge in [0.15, 0.2) is 0 Å². The quantitative estimate of drug-likeness (QED) is 0.850. The molecular formula is C17H15ClF3N3O. The smallest absolute Gasteiger partial charge is 0.355 e. The number of likely N-dealkylation sites (tertiary alicyclic amines) is 1. The summed E-state index contributed by atoms with van der Waals surface area (Å²) in [5.74, 6) is -0.215. The minimum absolute atomic E-state index is 0.00231. The lowest BCUT2D eigenvalue weighted by Crippen LogP contribution is -2.28. The van der Waals surface area contributed by atoms with Crippen molar-refractivity contribution in [1.82, 2.24) is 9.88 Å². The number of amides is 1. The number of carbonyl (C=O) groups is 1. The maximum Gasteiger partial charge on any atom is 0.418 e. The number of hydrogen-bond donors (Lipinski definition) is 1. The molecular weight excluding hydrogens is 355 g/mol. The van der Waals surface area contributed by atoms with E-state index in [9.17, 15) is 18.0 Å². The van der Waals surface area contributed by atoms with Crippen LogP contribution in [-0.4, -0.2) is 28.9 Å². The van der Waals surface area contributed by atoms with Crippen LogP contribution in [0.5, 0.6) is 0 Å². The molecule has 132 valence electrons. The SMILES string of the molecule is O=C(c1cc(Nc2ccc(Cl)cc2C(F)(F)F)ccn1)N1CCCC1. The Labute approximate surface area is 147 Å². The predicted octanol–water partition coefficient (Wildman–Crippen LogP) is 4.73. The van der Waals surface area contributed by atoms with E-state index >= 15 is 0 Å². The molecule has 1 amide bonds. The Morgan fingerprint density at radius 2 is 1.88 bits per heavy atom. The lowest BCUT2D eigenvalue weighted by Gasteiger charge is -2.17. The average molecular weight is 370 g/mol. The first kappa shape index (κ1) is 17.5. The van der Waals surface area contributed by atoms with Gasteiger partial charge in [-0.2, -0.15) is 13.2 Å².